The number of allylic oxidation sites excluding steroid dienone is 1. The van der Waals surface area contributed by atoms with Gasteiger partial charge in [-0.05, 0) is 48.2 Å². The Balaban J connectivity index is 2.14. The monoisotopic (exact) mass is 400 g/mol. The number of carbonyl (C=O) groups excluding carboxylic acids is 1. The SMILES string of the molecule is C=CCn1c(C(=O)Nc2c(Cl)cccc2Cl)c(C)c2cc(C(C)C)ccc21. The summed E-state index contributed by atoms with van der Waals surface area (Å²) in [6, 6.07) is 11.5. The van der Waals surface area contributed by atoms with Gasteiger partial charge in [0, 0.05) is 17.4 Å². The second-order valence-electron chi connectivity index (χ2n) is 6.85. The third kappa shape index (κ3) is 3.62. The van der Waals surface area contributed by atoms with E-state index in [4.69, 9.17) is 23.2 Å². The number of nitrogens with one attached hydrogen (secondary N) is 1. The molecule has 1 amide bonds. The van der Waals surface area contributed by atoms with Crippen molar-refractivity contribution in [1.82, 2.24) is 4.57 Å². The van der Waals surface area contributed by atoms with E-state index in [2.05, 4.69) is 43.9 Å². The summed E-state index contributed by atoms with van der Waals surface area (Å²) >= 11 is 12.4. The lowest BCUT2D eigenvalue weighted by molar-refractivity contribution is 0.101. The van der Waals surface area contributed by atoms with Crippen LogP contribution in [0.1, 0.15) is 41.4 Å². The van der Waals surface area contributed by atoms with Crippen molar-refractivity contribution in [2.75, 3.05) is 5.32 Å². The normalized spacial score (nSPS) is 11.2. The molecular weight excluding hydrogens is 379 g/mol. The maximum atomic E-state index is 13.1. The highest BCUT2D eigenvalue weighted by Gasteiger charge is 2.21. The zero-order valence-corrected chi connectivity index (χ0v) is 17.2. The van der Waals surface area contributed by atoms with Gasteiger partial charge in [-0.15, -0.1) is 6.58 Å². The number of para-hydroxylation sites is 1. The highest BCUT2D eigenvalue weighted by Crippen LogP contribution is 2.33. The van der Waals surface area contributed by atoms with Crippen LogP contribution in [0.25, 0.3) is 10.9 Å². The van der Waals surface area contributed by atoms with Crippen LogP contribution in [-0.2, 0) is 6.54 Å². The van der Waals surface area contributed by atoms with E-state index in [1.807, 2.05) is 11.5 Å². The van der Waals surface area contributed by atoms with Crippen LogP contribution in [0.3, 0.4) is 0 Å². The van der Waals surface area contributed by atoms with E-state index in [-0.39, 0.29) is 5.91 Å². The van der Waals surface area contributed by atoms with Crippen molar-refractivity contribution in [2.24, 2.45) is 0 Å². The first-order valence-electron chi connectivity index (χ1n) is 8.84. The predicted octanol–water partition coefficient (Wildman–Crippen LogP) is 6.82. The van der Waals surface area contributed by atoms with Crippen LogP contribution in [-0.4, -0.2) is 10.5 Å². The molecule has 1 N–H and O–H groups in total. The second-order valence-corrected chi connectivity index (χ2v) is 7.67. The standard InChI is InChI=1S/C22H22Cl2N2O/c1-5-11-26-19-10-9-15(13(2)3)12-16(19)14(4)21(26)22(27)25-20-17(23)7-6-8-18(20)24/h5-10,12-13H,1,11H2,2-4H3,(H,25,27). The zero-order valence-electron chi connectivity index (χ0n) is 15.6. The fraction of sp³-hybridized carbons (Fsp3) is 0.227. The first kappa shape index (κ1) is 19.5. The van der Waals surface area contributed by atoms with Gasteiger partial charge >= 0.3 is 0 Å². The van der Waals surface area contributed by atoms with Gasteiger partial charge in [0.25, 0.3) is 5.91 Å². The Morgan fingerprint density at radius 3 is 2.48 bits per heavy atom. The molecule has 3 rings (SSSR count). The van der Waals surface area contributed by atoms with Gasteiger partial charge in [-0.1, -0.05) is 55.3 Å². The van der Waals surface area contributed by atoms with Gasteiger partial charge in [-0.3, -0.25) is 4.79 Å². The number of fused-ring (bicyclic) bond motifs is 1. The highest BCUT2D eigenvalue weighted by molar-refractivity contribution is 6.40. The van der Waals surface area contributed by atoms with Gasteiger partial charge in [-0.2, -0.15) is 0 Å². The van der Waals surface area contributed by atoms with Crippen LogP contribution in [0.5, 0.6) is 0 Å². The van der Waals surface area contributed by atoms with Gasteiger partial charge in [0.05, 0.1) is 15.7 Å². The number of benzene rings is 2. The lowest BCUT2D eigenvalue weighted by atomic mass is 10.0. The van der Waals surface area contributed by atoms with E-state index >= 15 is 0 Å². The van der Waals surface area contributed by atoms with E-state index in [0.717, 1.165) is 16.5 Å². The van der Waals surface area contributed by atoms with Gasteiger partial charge in [0.1, 0.15) is 5.69 Å². The minimum absolute atomic E-state index is 0.244. The largest absolute Gasteiger partial charge is 0.332 e. The maximum Gasteiger partial charge on any atom is 0.272 e. The van der Waals surface area contributed by atoms with Crippen LogP contribution in [0.15, 0.2) is 49.1 Å². The number of nitrogens with zero attached hydrogens (tertiary/aromatic N) is 1. The third-order valence-electron chi connectivity index (χ3n) is 4.74. The number of aromatic nitrogens is 1. The molecule has 5 heteroatoms. The number of halogens is 2. The van der Waals surface area contributed by atoms with E-state index in [1.165, 1.54) is 5.56 Å². The lowest BCUT2D eigenvalue weighted by Crippen LogP contribution is -2.18. The Morgan fingerprint density at radius 1 is 1.22 bits per heavy atom. The molecule has 3 nitrogen and oxygen atoms in total. The van der Waals surface area contributed by atoms with Crippen molar-refractivity contribution in [2.45, 2.75) is 33.2 Å². The van der Waals surface area contributed by atoms with Crippen LogP contribution >= 0.6 is 23.2 Å². The Labute approximate surface area is 169 Å². The molecule has 0 bridgehead atoms. The van der Waals surface area contributed by atoms with Gasteiger partial charge < -0.3 is 9.88 Å². The molecule has 0 saturated carbocycles. The van der Waals surface area contributed by atoms with Crippen LogP contribution in [0, 0.1) is 6.92 Å². The zero-order chi connectivity index (χ0) is 19.7. The van der Waals surface area contributed by atoms with E-state index < -0.39 is 0 Å². The summed E-state index contributed by atoms with van der Waals surface area (Å²) in [7, 11) is 0. The quantitative estimate of drug-likeness (QED) is 0.468. The number of anilines is 1. The summed E-state index contributed by atoms with van der Waals surface area (Å²) in [5.74, 6) is 0.169. The van der Waals surface area contributed by atoms with Crippen molar-refractivity contribution >= 4 is 45.7 Å². The molecule has 0 aliphatic rings. The summed E-state index contributed by atoms with van der Waals surface area (Å²) in [6.07, 6.45) is 1.79. The molecule has 0 unspecified atom stereocenters. The van der Waals surface area contributed by atoms with E-state index in [9.17, 15) is 4.79 Å². The van der Waals surface area contributed by atoms with E-state index in [0.29, 0.717) is 33.9 Å². The van der Waals surface area contributed by atoms with Gasteiger partial charge in [0.2, 0.25) is 0 Å². The fourth-order valence-corrected chi connectivity index (χ4v) is 3.79. The Hall–Kier alpha value is -2.23. The van der Waals surface area contributed by atoms with Crippen molar-refractivity contribution in [3.63, 3.8) is 0 Å². The molecule has 1 aromatic heterocycles. The Bertz CT molecular complexity index is 1010. The molecule has 0 aliphatic heterocycles. The molecule has 0 aliphatic carbocycles. The first-order valence-corrected chi connectivity index (χ1v) is 9.59. The fourth-order valence-electron chi connectivity index (χ4n) is 3.30. The number of hydrogen-bond donors (Lipinski definition) is 1. The average Bonchev–Trinajstić information content (AvgIpc) is 2.90. The number of aryl methyl sites for hydroxylation is 1. The number of carbonyl (C=O) groups is 1. The average molecular weight is 401 g/mol. The minimum Gasteiger partial charge on any atom is -0.332 e. The predicted molar refractivity (Wildman–Crippen MR) is 115 cm³/mol. The number of amides is 1. The van der Waals surface area contributed by atoms with Crippen molar-refractivity contribution < 1.29 is 4.79 Å². The second kappa shape index (κ2) is 7.79. The van der Waals surface area contributed by atoms with Crippen molar-refractivity contribution in [3.8, 4) is 0 Å². The molecule has 3 aromatic rings. The van der Waals surface area contributed by atoms with Gasteiger partial charge in [-0.25, -0.2) is 0 Å². The van der Waals surface area contributed by atoms with Crippen LogP contribution in [0.2, 0.25) is 10.0 Å². The third-order valence-corrected chi connectivity index (χ3v) is 5.37. The van der Waals surface area contributed by atoms with Gasteiger partial charge in [0.15, 0.2) is 0 Å². The molecule has 2 aromatic carbocycles. The molecule has 0 fully saturated rings. The maximum absolute atomic E-state index is 13.1. The van der Waals surface area contributed by atoms with Crippen LogP contribution < -0.4 is 5.32 Å². The lowest BCUT2D eigenvalue weighted by Gasteiger charge is -2.12. The summed E-state index contributed by atoms with van der Waals surface area (Å²) in [6.45, 7) is 10.6. The van der Waals surface area contributed by atoms with Crippen LogP contribution in [0.4, 0.5) is 5.69 Å². The minimum atomic E-state index is -0.244. The molecular formula is C22H22Cl2N2O. The highest BCUT2D eigenvalue weighted by atomic mass is 35.5. The summed E-state index contributed by atoms with van der Waals surface area (Å²) in [5.41, 5.74) is 4.18. The topological polar surface area (TPSA) is 34.0 Å². The Morgan fingerprint density at radius 2 is 1.89 bits per heavy atom. The van der Waals surface area contributed by atoms with E-state index in [1.54, 1.807) is 24.3 Å². The summed E-state index contributed by atoms with van der Waals surface area (Å²) in [4.78, 5) is 13.1. The first-order chi connectivity index (χ1) is 12.8. The van der Waals surface area contributed by atoms with Crippen molar-refractivity contribution in [1.29, 1.82) is 0 Å². The number of rotatable bonds is 5. The molecule has 0 atom stereocenters. The summed E-state index contributed by atoms with van der Waals surface area (Å²) < 4.78 is 1.97. The smallest absolute Gasteiger partial charge is 0.272 e. The molecule has 1 heterocycles. The number of hydrogen-bond acceptors (Lipinski definition) is 1. The molecule has 0 saturated heterocycles. The Kier molecular flexibility index (Phi) is 5.64. The molecule has 0 spiro atoms. The summed E-state index contributed by atoms with van der Waals surface area (Å²) in [5, 5.41) is 4.75. The molecule has 140 valence electrons. The molecule has 0 radical (unpaired) electrons. The molecule has 27 heavy (non-hydrogen) atoms. The van der Waals surface area contributed by atoms with Crippen molar-refractivity contribution in [3.05, 3.63) is 75.9 Å².